The van der Waals surface area contributed by atoms with E-state index in [0.29, 0.717) is 36.6 Å². The molecular weight excluding hydrogens is 472 g/mol. The number of hydrogen-bond acceptors (Lipinski definition) is 4. The van der Waals surface area contributed by atoms with Gasteiger partial charge in [0, 0.05) is 42.1 Å². The lowest BCUT2D eigenvalue weighted by Crippen LogP contribution is -2.60. The van der Waals surface area contributed by atoms with Gasteiger partial charge in [-0.1, -0.05) is 18.2 Å². The standard InChI is InChI=1S/C20H20BrClN6O2/c1-3-19(29)28-9-11(10-28)24-20(30)17-8-23-18(27(17)2)5-4-15-12-6-13(21)14(22)7-16(12)26-25-15/h3,6-8,11H,1,4-5,9-10H2,2H3,(H,24,30)(H,25,26). The zero-order valence-corrected chi connectivity index (χ0v) is 18.6. The minimum absolute atomic E-state index is 0.0543. The molecule has 2 N–H and O–H groups in total. The van der Waals surface area contributed by atoms with Gasteiger partial charge >= 0.3 is 0 Å². The Labute approximate surface area is 186 Å². The van der Waals surface area contributed by atoms with Gasteiger partial charge in [0.25, 0.3) is 5.91 Å². The number of H-pyrrole nitrogens is 1. The number of benzene rings is 1. The van der Waals surface area contributed by atoms with Crippen LogP contribution in [-0.2, 0) is 24.7 Å². The van der Waals surface area contributed by atoms with E-state index in [-0.39, 0.29) is 17.9 Å². The Kier molecular flexibility index (Phi) is 5.66. The van der Waals surface area contributed by atoms with Crippen molar-refractivity contribution in [2.45, 2.75) is 18.9 Å². The Balaban J connectivity index is 1.39. The Morgan fingerprint density at radius 3 is 2.90 bits per heavy atom. The molecule has 1 saturated heterocycles. The molecule has 2 aromatic heterocycles. The maximum absolute atomic E-state index is 12.6. The van der Waals surface area contributed by atoms with E-state index < -0.39 is 0 Å². The first-order valence-electron chi connectivity index (χ1n) is 9.42. The molecule has 0 aliphatic carbocycles. The van der Waals surface area contributed by atoms with Crippen molar-refractivity contribution >= 4 is 50.2 Å². The largest absolute Gasteiger partial charge is 0.344 e. The summed E-state index contributed by atoms with van der Waals surface area (Å²) in [5.74, 6) is 0.481. The van der Waals surface area contributed by atoms with Gasteiger partial charge in [-0.15, -0.1) is 0 Å². The minimum Gasteiger partial charge on any atom is -0.344 e. The van der Waals surface area contributed by atoms with E-state index in [1.54, 1.807) is 15.7 Å². The van der Waals surface area contributed by atoms with Gasteiger partial charge in [0.05, 0.1) is 22.8 Å². The van der Waals surface area contributed by atoms with Crippen molar-refractivity contribution in [3.8, 4) is 0 Å². The molecule has 4 rings (SSSR count). The molecule has 0 saturated carbocycles. The second-order valence-electron chi connectivity index (χ2n) is 7.22. The number of aryl methyl sites for hydroxylation is 2. The number of rotatable bonds is 6. The van der Waals surface area contributed by atoms with Crippen LogP contribution in [0.2, 0.25) is 5.02 Å². The van der Waals surface area contributed by atoms with E-state index in [0.717, 1.165) is 26.9 Å². The second-order valence-corrected chi connectivity index (χ2v) is 8.48. The van der Waals surface area contributed by atoms with Crippen molar-refractivity contribution in [2.75, 3.05) is 13.1 Å². The molecular formula is C20H20BrClN6O2. The van der Waals surface area contributed by atoms with Crippen LogP contribution in [-0.4, -0.2) is 55.6 Å². The number of carbonyl (C=O) groups is 2. The van der Waals surface area contributed by atoms with E-state index >= 15 is 0 Å². The highest BCUT2D eigenvalue weighted by atomic mass is 79.9. The first-order chi connectivity index (χ1) is 14.4. The average molecular weight is 492 g/mol. The average Bonchev–Trinajstić information content (AvgIpc) is 3.25. The molecule has 1 aliphatic rings. The summed E-state index contributed by atoms with van der Waals surface area (Å²) >= 11 is 9.58. The molecule has 3 heterocycles. The van der Waals surface area contributed by atoms with Crippen molar-refractivity contribution in [1.82, 2.24) is 30.0 Å². The van der Waals surface area contributed by atoms with E-state index in [1.807, 2.05) is 19.2 Å². The molecule has 0 atom stereocenters. The van der Waals surface area contributed by atoms with Gasteiger partial charge in [0.2, 0.25) is 5.91 Å². The Morgan fingerprint density at radius 2 is 2.17 bits per heavy atom. The number of nitrogens with one attached hydrogen (secondary N) is 2. The van der Waals surface area contributed by atoms with Crippen LogP contribution in [0.25, 0.3) is 10.9 Å². The van der Waals surface area contributed by atoms with Gasteiger partial charge in [-0.05, 0) is 40.6 Å². The van der Waals surface area contributed by atoms with E-state index in [2.05, 4.69) is 43.0 Å². The van der Waals surface area contributed by atoms with Crippen LogP contribution in [0.4, 0.5) is 0 Å². The molecule has 10 heteroatoms. The highest BCUT2D eigenvalue weighted by Gasteiger charge is 2.31. The quantitative estimate of drug-likeness (QED) is 0.518. The maximum Gasteiger partial charge on any atom is 0.269 e. The normalized spacial score (nSPS) is 14.0. The molecule has 1 aromatic carbocycles. The highest BCUT2D eigenvalue weighted by molar-refractivity contribution is 9.10. The van der Waals surface area contributed by atoms with Gasteiger partial charge in [-0.25, -0.2) is 4.98 Å². The Morgan fingerprint density at radius 1 is 1.40 bits per heavy atom. The number of carbonyl (C=O) groups excluding carboxylic acids is 2. The number of aromatic nitrogens is 4. The summed E-state index contributed by atoms with van der Waals surface area (Å²) in [5, 5.41) is 11.9. The summed E-state index contributed by atoms with van der Waals surface area (Å²) in [6, 6.07) is 3.71. The lowest BCUT2D eigenvalue weighted by molar-refractivity contribution is -0.130. The number of fused-ring (bicyclic) bond motifs is 1. The zero-order valence-electron chi connectivity index (χ0n) is 16.3. The maximum atomic E-state index is 12.6. The predicted molar refractivity (Wildman–Crippen MR) is 117 cm³/mol. The van der Waals surface area contributed by atoms with Crippen LogP contribution in [0.15, 0.2) is 35.5 Å². The van der Waals surface area contributed by atoms with Crippen LogP contribution in [0.5, 0.6) is 0 Å². The third kappa shape index (κ3) is 3.87. The van der Waals surface area contributed by atoms with Crippen LogP contribution in [0.1, 0.15) is 22.0 Å². The summed E-state index contributed by atoms with van der Waals surface area (Å²) in [7, 11) is 1.83. The number of aromatic amines is 1. The first-order valence-corrected chi connectivity index (χ1v) is 10.6. The van der Waals surface area contributed by atoms with Crippen molar-refractivity contribution in [3.63, 3.8) is 0 Å². The fourth-order valence-electron chi connectivity index (χ4n) is 3.52. The molecule has 0 radical (unpaired) electrons. The van der Waals surface area contributed by atoms with Crippen molar-refractivity contribution < 1.29 is 9.59 Å². The zero-order chi connectivity index (χ0) is 21.4. The van der Waals surface area contributed by atoms with Gasteiger partial charge in [-0.3, -0.25) is 14.7 Å². The van der Waals surface area contributed by atoms with Crippen molar-refractivity contribution in [1.29, 1.82) is 0 Å². The molecule has 2 amide bonds. The number of amides is 2. The van der Waals surface area contributed by atoms with E-state index in [1.165, 1.54) is 6.08 Å². The fraction of sp³-hybridized carbons (Fsp3) is 0.300. The molecule has 8 nitrogen and oxygen atoms in total. The summed E-state index contributed by atoms with van der Waals surface area (Å²) in [4.78, 5) is 30.1. The van der Waals surface area contributed by atoms with Crippen LogP contribution >= 0.6 is 27.5 Å². The Bertz CT molecular complexity index is 1150. The summed E-state index contributed by atoms with van der Waals surface area (Å²) in [6.45, 7) is 4.46. The van der Waals surface area contributed by atoms with Crippen molar-refractivity contribution in [3.05, 3.63) is 57.7 Å². The molecule has 156 valence electrons. The topological polar surface area (TPSA) is 95.9 Å². The molecule has 1 fully saturated rings. The highest BCUT2D eigenvalue weighted by Crippen LogP contribution is 2.29. The fourth-order valence-corrected chi connectivity index (χ4v) is 4.02. The number of likely N-dealkylation sites (tertiary alicyclic amines) is 1. The minimum atomic E-state index is -0.197. The van der Waals surface area contributed by atoms with Crippen molar-refractivity contribution in [2.24, 2.45) is 7.05 Å². The summed E-state index contributed by atoms with van der Waals surface area (Å²) in [6.07, 6.45) is 4.20. The van der Waals surface area contributed by atoms with Gasteiger partial charge in [-0.2, -0.15) is 5.10 Å². The number of halogens is 2. The molecule has 0 spiro atoms. The van der Waals surface area contributed by atoms with Gasteiger partial charge in [0.15, 0.2) is 0 Å². The first kappa shape index (κ1) is 20.6. The van der Waals surface area contributed by atoms with Crippen LogP contribution in [0, 0.1) is 0 Å². The van der Waals surface area contributed by atoms with Gasteiger partial charge in [0.1, 0.15) is 11.5 Å². The third-order valence-corrected chi connectivity index (χ3v) is 6.49. The molecule has 30 heavy (non-hydrogen) atoms. The molecule has 1 aliphatic heterocycles. The van der Waals surface area contributed by atoms with E-state index in [4.69, 9.17) is 11.6 Å². The summed E-state index contributed by atoms with van der Waals surface area (Å²) < 4.78 is 2.62. The SMILES string of the molecule is C=CC(=O)N1CC(NC(=O)c2cnc(CCc3[nH]nc4cc(Cl)c(Br)cc34)n2C)C1. The molecule has 0 bridgehead atoms. The lowest BCUT2D eigenvalue weighted by Gasteiger charge is -2.38. The van der Waals surface area contributed by atoms with Crippen LogP contribution in [0.3, 0.4) is 0 Å². The summed E-state index contributed by atoms with van der Waals surface area (Å²) in [5.41, 5.74) is 2.28. The number of nitrogens with zero attached hydrogens (tertiary/aromatic N) is 4. The number of imidazole rings is 1. The third-order valence-electron chi connectivity index (χ3n) is 5.29. The Hall–Kier alpha value is -2.65. The number of hydrogen-bond donors (Lipinski definition) is 2. The molecule has 0 unspecified atom stereocenters. The predicted octanol–water partition coefficient (Wildman–Crippen LogP) is 2.62. The van der Waals surface area contributed by atoms with Crippen LogP contribution < -0.4 is 5.32 Å². The van der Waals surface area contributed by atoms with Gasteiger partial charge < -0.3 is 14.8 Å². The molecule has 3 aromatic rings. The lowest BCUT2D eigenvalue weighted by atomic mass is 10.1. The second kappa shape index (κ2) is 8.23. The monoisotopic (exact) mass is 490 g/mol. The smallest absolute Gasteiger partial charge is 0.269 e. The van der Waals surface area contributed by atoms with E-state index in [9.17, 15) is 9.59 Å².